The third-order valence-corrected chi connectivity index (χ3v) is 4.48. The van der Waals surface area contributed by atoms with Crippen LogP contribution in [0.2, 0.25) is 0 Å². The van der Waals surface area contributed by atoms with E-state index < -0.39 is 18.4 Å². The summed E-state index contributed by atoms with van der Waals surface area (Å²) in [4.78, 5) is 20.8. The number of nitrogens with zero attached hydrogens (tertiary/aromatic N) is 2. The van der Waals surface area contributed by atoms with Crippen molar-refractivity contribution in [2.75, 3.05) is 0 Å². The summed E-state index contributed by atoms with van der Waals surface area (Å²) in [5.74, 6) is -1.36. The Labute approximate surface area is 177 Å². The van der Waals surface area contributed by atoms with Crippen molar-refractivity contribution in [1.29, 1.82) is 0 Å². The maximum Gasteiger partial charge on any atom is 0.387 e. The Morgan fingerprint density at radius 3 is 2.29 bits per heavy atom. The first-order valence-corrected chi connectivity index (χ1v) is 9.84. The molecular weight excluding hydrogens is 409 g/mol. The second kappa shape index (κ2) is 10.6. The third-order valence-electron chi connectivity index (χ3n) is 4.48. The van der Waals surface area contributed by atoms with E-state index in [0.29, 0.717) is 11.4 Å². The molecule has 0 bridgehead atoms. The number of unbranched alkanes of at least 4 members (excludes halogenated alkanes) is 2. The van der Waals surface area contributed by atoms with Gasteiger partial charge in [-0.1, -0.05) is 25.8 Å². The minimum Gasteiger partial charge on any atom is -0.435 e. The van der Waals surface area contributed by atoms with Crippen molar-refractivity contribution in [3.8, 4) is 22.9 Å². The van der Waals surface area contributed by atoms with Crippen LogP contribution in [-0.4, -0.2) is 22.5 Å². The SMILES string of the molecule is CCCCCc1cnc(-c2ccc(C(=O)Oc3ccc(OC(F)F)cc3)c(F)c2)nc1. The van der Waals surface area contributed by atoms with Crippen LogP contribution in [0.5, 0.6) is 11.5 Å². The Morgan fingerprint density at radius 2 is 1.68 bits per heavy atom. The van der Waals surface area contributed by atoms with Crippen LogP contribution in [0.25, 0.3) is 11.4 Å². The first-order valence-electron chi connectivity index (χ1n) is 9.84. The van der Waals surface area contributed by atoms with Gasteiger partial charge in [-0.3, -0.25) is 0 Å². The molecule has 0 unspecified atom stereocenters. The van der Waals surface area contributed by atoms with Gasteiger partial charge < -0.3 is 9.47 Å². The van der Waals surface area contributed by atoms with Gasteiger partial charge in [-0.25, -0.2) is 19.2 Å². The zero-order valence-corrected chi connectivity index (χ0v) is 16.9. The predicted molar refractivity (Wildman–Crippen MR) is 109 cm³/mol. The molecule has 2 aromatic carbocycles. The Bertz CT molecular complexity index is 1010. The molecule has 0 spiro atoms. The number of hydrogen-bond donors (Lipinski definition) is 0. The lowest BCUT2D eigenvalue weighted by Gasteiger charge is -2.08. The van der Waals surface area contributed by atoms with Gasteiger partial charge in [0.1, 0.15) is 17.3 Å². The fraction of sp³-hybridized carbons (Fsp3) is 0.261. The Hall–Kier alpha value is -3.42. The zero-order chi connectivity index (χ0) is 22.2. The topological polar surface area (TPSA) is 61.3 Å². The number of halogens is 3. The second-order valence-electron chi connectivity index (χ2n) is 6.81. The number of esters is 1. The van der Waals surface area contributed by atoms with Crippen LogP contribution >= 0.6 is 0 Å². The van der Waals surface area contributed by atoms with Crippen molar-refractivity contribution in [1.82, 2.24) is 9.97 Å². The molecule has 3 aromatic rings. The van der Waals surface area contributed by atoms with Crippen molar-refractivity contribution in [2.45, 2.75) is 39.2 Å². The molecule has 0 saturated carbocycles. The average molecular weight is 430 g/mol. The first-order chi connectivity index (χ1) is 15.0. The van der Waals surface area contributed by atoms with E-state index in [2.05, 4.69) is 21.6 Å². The molecule has 0 radical (unpaired) electrons. The van der Waals surface area contributed by atoms with Crippen LogP contribution in [0.4, 0.5) is 13.2 Å². The highest BCUT2D eigenvalue weighted by Crippen LogP contribution is 2.23. The second-order valence-corrected chi connectivity index (χ2v) is 6.81. The number of benzene rings is 2. The van der Waals surface area contributed by atoms with Crippen LogP contribution in [-0.2, 0) is 6.42 Å². The molecule has 5 nitrogen and oxygen atoms in total. The van der Waals surface area contributed by atoms with Gasteiger partial charge >= 0.3 is 12.6 Å². The van der Waals surface area contributed by atoms with E-state index in [9.17, 15) is 18.0 Å². The number of carbonyl (C=O) groups is 1. The largest absolute Gasteiger partial charge is 0.435 e. The van der Waals surface area contributed by atoms with Crippen LogP contribution < -0.4 is 9.47 Å². The summed E-state index contributed by atoms with van der Waals surface area (Å²) in [5, 5.41) is 0. The molecule has 0 amide bonds. The summed E-state index contributed by atoms with van der Waals surface area (Å²) in [6.07, 6.45) is 7.66. The molecule has 0 aliphatic carbocycles. The summed E-state index contributed by atoms with van der Waals surface area (Å²) in [6, 6.07) is 8.98. The van der Waals surface area contributed by atoms with Crippen molar-refractivity contribution in [2.24, 2.45) is 0 Å². The molecule has 0 aliphatic heterocycles. The summed E-state index contributed by atoms with van der Waals surface area (Å²) >= 11 is 0. The number of carbonyl (C=O) groups excluding carboxylic acids is 1. The van der Waals surface area contributed by atoms with Crippen LogP contribution in [0, 0.1) is 5.82 Å². The summed E-state index contributed by atoms with van der Waals surface area (Å²) in [7, 11) is 0. The number of alkyl halides is 2. The lowest BCUT2D eigenvalue weighted by molar-refractivity contribution is -0.0498. The summed E-state index contributed by atoms with van der Waals surface area (Å²) in [6.45, 7) is -0.822. The molecule has 0 N–H and O–H groups in total. The maximum absolute atomic E-state index is 14.5. The molecule has 0 fully saturated rings. The standard InChI is InChI=1S/C23H21F3N2O3/c1-2-3-4-5-15-13-27-21(28-14-15)16-6-11-19(20(24)12-16)22(29)30-17-7-9-18(10-8-17)31-23(25)26/h6-14,23H,2-5H2,1H3. The molecule has 3 rings (SSSR count). The monoisotopic (exact) mass is 430 g/mol. The highest BCUT2D eigenvalue weighted by Gasteiger charge is 2.16. The Kier molecular flexibility index (Phi) is 7.59. The van der Waals surface area contributed by atoms with Crippen LogP contribution in [0.15, 0.2) is 54.9 Å². The van der Waals surface area contributed by atoms with E-state index >= 15 is 0 Å². The van der Waals surface area contributed by atoms with E-state index in [4.69, 9.17) is 4.74 Å². The number of ether oxygens (including phenoxy) is 2. The normalized spacial score (nSPS) is 10.9. The van der Waals surface area contributed by atoms with Gasteiger partial charge in [-0.05, 0) is 54.8 Å². The van der Waals surface area contributed by atoms with Gasteiger partial charge in [0.15, 0.2) is 5.82 Å². The minimum absolute atomic E-state index is 0.0667. The quantitative estimate of drug-likeness (QED) is 0.243. The van der Waals surface area contributed by atoms with Gasteiger partial charge in [-0.15, -0.1) is 0 Å². The molecule has 162 valence electrons. The molecule has 1 aromatic heterocycles. The Balaban J connectivity index is 1.66. The van der Waals surface area contributed by atoms with Crippen LogP contribution in [0.1, 0.15) is 42.1 Å². The lowest BCUT2D eigenvalue weighted by Crippen LogP contribution is -2.11. The fourth-order valence-electron chi connectivity index (χ4n) is 2.88. The minimum atomic E-state index is -2.96. The number of hydrogen-bond acceptors (Lipinski definition) is 5. The highest BCUT2D eigenvalue weighted by atomic mass is 19.3. The van der Waals surface area contributed by atoms with E-state index in [1.165, 1.54) is 42.5 Å². The fourth-order valence-corrected chi connectivity index (χ4v) is 2.88. The van der Waals surface area contributed by atoms with E-state index in [0.717, 1.165) is 31.2 Å². The Morgan fingerprint density at radius 1 is 1.00 bits per heavy atom. The van der Waals surface area contributed by atoms with E-state index in [1.807, 2.05) is 0 Å². The molecule has 1 heterocycles. The number of aromatic nitrogens is 2. The van der Waals surface area contributed by atoms with Crippen molar-refractivity contribution < 1.29 is 27.4 Å². The maximum atomic E-state index is 14.5. The van der Waals surface area contributed by atoms with Gasteiger partial charge in [0, 0.05) is 18.0 Å². The number of rotatable bonds is 9. The number of aryl methyl sites for hydroxylation is 1. The van der Waals surface area contributed by atoms with Crippen LogP contribution in [0.3, 0.4) is 0 Å². The molecule has 0 atom stereocenters. The van der Waals surface area contributed by atoms with Crippen molar-refractivity contribution in [3.05, 3.63) is 71.8 Å². The summed E-state index contributed by atoms with van der Waals surface area (Å²) in [5.41, 5.74) is 1.18. The molecule has 0 aliphatic rings. The van der Waals surface area contributed by atoms with Crippen molar-refractivity contribution in [3.63, 3.8) is 0 Å². The molecule has 0 saturated heterocycles. The average Bonchev–Trinajstić information content (AvgIpc) is 2.75. The summed E-state index contributed by atoms with van der Waals surface area (Å²) < 4.78 is 48.2. The van der Waals surface area contributed by atoms with E-state index in [-0.39, 0.29) is 17.1 Å². The van der Waals surface area contributed by atoms with Gasteiger partial charge in [-0.2, -0.15) is 8.78 Å². The van der Waals surface area contributed by atoms with E-state index in [1.54, 1.807) is 12.4 Å². The smallest absolute Gasteiger partial charge is 0.387 e. The third kappa shape index (κ3) is 6.28. The van der Waals surface area contributed by atoms with Gasteiger partial charge in [0.25, 0.3) is 0 Å². The first kappa shape index (κ1) is 22.3. The predicted octanol–water partition coefficient (Wildman–Crippen LogP) is 5.84. The highest BCUT2D eigenvalue weighted by molar-refractivity contribution is 5.91. The molecule has 8 heteroatoms. The van der Waals surface area contributed by atoms with Gasteiger partial charge in [0.05, 0.1) is 5.56 Å². The molecular formula is C23H21F3N2O3. The van der Waals surface area contributed by atoms with Gasteiger partial charge in [0.2, 0.25) is 0 Å². The lowest BCUT2D eigenvalue weighted by atomic mass is 10.1. The van der Waals surface area contributed by atoms with Crippen molar-refractivity contribution >= 4 is 5.97 Å². The zero-order valence-electron chi connectivity index (χ0n) is 16.9. The molecule has 31 heavy (non-hydrogen) atoms.